The lowest BCUT2D eigenvalue weighted by Gasteiger charge is -2.11. The second-order valence-corrected chi connectivity index (χ2v) is 35.5. The van der Waals surface area contributed by atoms with E-state index < -0.39 is 0 Å². The van der Waals surface area contributed by atoms with E-state index in [1.807, 2.05) is 83.1 Å². The summed E-state index contributed by atoms with van der Waals surface area (Å²) in [6.07, 6.45) is 0. The van der Waals surface area contributed by atoms with Crippen LogP contribution in [0.4, 0.5) is 0 Å². The van der Waals surface area contributed by atoms with Crippen LogP contribution in [0, 0.1) is 111 Å². The molecule has 0 atom stereocenters. The zero-order valence-corrected chi connectivity index (χ0v) is 89.0. The molecule has 0 fully saturated rings. The Morgan fingerprint density at radius 3 is 0.700 bits per heavy atom. The number of fused-ring (bicyclic) bond motifs is 24. The monoisotopic (exact) mass is 1830 g/mol. The van der Waals surface area contributed by atoms with Gasteiger partial charge in [-0.15, -0.1) is 0 Å². The molecule has 0 amide bonds. The van der Waals surface area contributed by atoms with E-state index in [4.69, 9.17) is 0 Å². The molecule has 0 aliphatic heterocycles. The molecule has 0 unspecified atom stereocenters. The highest BCUT2D eigenvalue weighted by molar-refractivity contribution is 6.16. The van der Waals surface area contributed by atoms with Gasteiger partial charge in [0.2, 0.25) is 0 Å². The van der Waals surface area contributed by atoms with Crippen molar-refractivity contribution in [2.75, 3.05) is 0 Å². The lowest BCUT2D eigenvalue weighted by molar-refractivity contribution is 1.41. The Kier molecular flexibility index (Phi) is 38.3. The Labute approximate surface area is 837 Å². The third-order valence-corrected chi connectivity index (χ3v) is 26.2. The van der Waals surface area contributed by atoms with E-state index in [9.17, 15) is 0 Å². The fraction of sp³-hybridized carbons (Fsp3) is 0.200. The van der Waals surface area contributed by atoms with Crippen LogP contribution >= 0.6 is 0 Å². The zero-order chi connectivity index (χ0) is 101. The average molecular weight is 1830 g/mol. The lowest BCUT2D eigenvalue weighted by Crippen LogP contribution is -1.87. The first-order valence-corrected chi connectivity index (χ1v) is 51.2. The zero-order valence-electron chi connectivity index (χ0n) is 89.0. The lowest BCUT2D eigenvalue weighted by atomic mass is 9.93. The van der Waals surface area contributed by atoms with E-state index in [1.54, 1.807) is 0 Å². The molecule has 0 aliphatic rings. The number of hydrogen-bond donors (Lipinski definition) is 0. The molecule has 0 bridgehead atoms. The highest BCUT2D eigenvalue weighted by atomic mass is 14.2. The van der Waals surface area contributed by atoms with Gasteiger partial charge in [-0.2, -0.15) is 0 Å². The Morgan fingerprint density at radius 1 is 0.100 bits per heavy atom. The molecule has 0 aliphatic carbocycles. The van der Waals surface area contributed by atoms with E-state index >= 15 is 0 Å². The van der Waals surface area contributed by atoms with Crippen molar-refractivity contribution in [1.82, 2.24) is 0 Å². The molecule has 0 N–H and O–H groups in total. The molecular weight excluding hydrogens is 1680 g/mol. The maximum atomic E-state index is 2.30. The van der Waals surface area contributed by atoms with E-state index in [1.165, 1.54) is 261 Å². The smallest absolute Gasteiger partial charge is 0.00759 e. The molecule has 24 rings (SSSR count). The Morgan fingerprint density at radius 2 is 0.307 bits per heavy atom. The SMILES string of the molecule is CC.CC.CC.CC.CC.CC.Cc1c(C)c2ccccc2c2ccccc12.Cc1cc2c(C)cccc2c2ccccc12.Cc1cc2cccc(C)c2c2ccccc12.Cc1ccc2c(c1)cc(C)c1ccccc12.Cc1ccc2c(ccc3cc(C)ccc32)c1.Cc1ccc2cc(C)c3ccccc3c2c1.Cc1ccc2ccc3ccc(C)cc3c2c1.Cc1cccc2c1ccc1c(C)cccc12. The highest BCUT2D eigenvalue weighted by Crippen LogP contribution is 2.38. The van der Waals surface area contributed by atoms with Crippen molar-refractivity contribution >= 4 is 172 Å². The van der Waals surface area contributed by atoms with Crippen molar-refractivity contribution in [3.63, 3.8) is 0 Å². The van der Waals surface area contributed by atoms with Crippen molar-refractivity contribution in [1.29, 1.82) is 0 Å². The van der Waals surface area contributed by atoms with Crippen LogP contribution in [0.15, 0.2) is 388 Å². The summed E-state index contributed by atoms with van der Waals surface area (Å²) in [5.74, 6) is 0. The summed E-state index contributed by atoms with van der Waals surface area (Å²) in [5, 5.41) is 43.4. The van der Waals surface area contributed by atoms with Gasteiger partial charge >= 0.3 is 0 Å². The molecule has 0 nitrogen and oxygen atoms in total. The molecule has 0 radical (unpaired) electrons. The first kappa shape index (κ1) is 106. The van der Waals surface area contributed by atoms with Crippen LogP contribution in [0.1, 0.15) is 172 Å². The van der Waals surface area contributed by atoms with E-state index in [2.05, 4.69) is 499 Å². The van der Waals surface area contributed by atoms with Gasteiger partial charge in [-0.25, -0.2) is 0 Å². The highest BCUT2D eigenvalue weighted by Gasteiger charge is 2.13. The molecule has 0 spiro atoms. The summed E-state index contributed by atoms with van der Waals surface area (Å²) >= 11 is 0. The number of benzene rings is 24. The standard InChI is InChI=1S/8C16H14.6C2H6/c1-11-3-7-15-13(9-11)5-6-14-10-12(2)4-8-16(14)15;1-11-3-5-13-7-8-14-6-4-12(2)10-16(14)15(13)9-11;1-11-5-3-7-15-13(11)9-10-14-12(2)6-4-8-16(14)15;1-11-12(2)14-8-4-6-10-16(14)15-9-5-3-7-13(11)15;1-11-6-5-7-13-10-12(2)14-8-3-4-9-15(14)16(11)13;1-11-6-5-9-15-14-8-4-3-7-13(14)12(2)10-16(11)15;1-11-7-8-15-13(9-11)10-12(2)14-5-3-4-6-16(14)15;1-11-7-8-13-10-12(2)14-5-3-4-6-15(14)16(13)9-11;6*1-2/h8*3-10H,1-2H3;6*1-2H3. The van der Waals surface area contributed by atoms with E-state index in [-0.39, 0.29) is 0 Å². The van der Waals surface area contributed by atoms with Crippen LogP contribution in [-0.4, -0.2) is 0 Å². The second kappa shape index (κ2) is 50.7. The summed E-state index contributed by atoms with van der Waals surface area (Å²) in [4.78, 5) is 0. The number of rotatable bonds is 0. The second-order valence-electron chi connectivity index (χ2n) is 35.5. The fourth-order valence-corrected chi connectivity index (χ4v) is 19.3. The van der Waals surface area contributed by atoms with Gasteiger partial charge in [-0.1, -0.05) is 505 Å². The van der Waals surface area contributed by atoms with Crippen LogP contribution in [0.3, 0.4) is 0 Å². The number of hydrogen-bond acceptors (Lipinski definition) is 0. The summed E-state index contributed by atoms with van der Waals surface area (Å²) in [5.41, 5.74) is 21.5. The predicted octanol–water partition coefficient (Wildman–Crippen LogP) is 43.0. The van der Waals surface area contributed by atoms with Gasteiger partial charge in [0.25, 0.3) is 0 Å². The summed E-state index contributed by atoms with van der Waals surface area (Å²) in [6.45, 7) is 58.7. The molecule has 24 aromatic rings. The molecular formula is C140H148. The normalized spacial score (nSPS) is 10.4. The maximum absolute atomic E-state index is 2.30. The van der Waals surface area contributed by atoms with Gasteiger partial charge in [-0.3, -0.25) is 0 Å². The van der Waals surface area contributed by atoms with E-state index in [0.717, 1.165) is 0 Å². The van der Waals surface area contributed by atoms with Crippen LogP contribution < -0.4 is 0 Å². The molecule has 0 saturated carbocycles. The van der Waals surface area contributed by atoms with Crippen LogP contribution in [0.2, 0.25) is 0 Å². The third kappa shape index (κ3) is 24.2. The Hall–Kier alpha value is -14.6. The van der Waals surface area contributed by atoms with Gasteiger partial charge in [-0.05, 0) is 339 Å². The van der Waals surface area contributed by atoms with Gasteiger partial charge in [0.1, 0.15) is 0 Å². The molecule has 708 valence electrons. The molecule has 140 heavy (non-hydrogen) atoms. The molecule has 0 heterocycles. The summed E-state index contributed by atoms with van der Waals surface area (Å²) in [6, 6.07) is 140. The van der Waals surface area contributed by atoms with Crippen molar-refractivity contribution in [2.24, 2.45) is 0 Å². The Balaban J connectivity index is 0.000000151. The van der Waals surface area contributed by atoms with Crippen LogP contribution in [0.5, 0.6) is 0 Å². The average Bonchev–Trinajstić information content (AvgIpc) is 0.763. The largest absolute Gasteiger partial charge is 0.0683 e. The first-order valence-electron chi connectivity index (χ1n) is 51.2. The van der Waals surface area contributed by atoms with Crippen molar-refractivity contribution in [3.05, 3.63) is 477 Å². The topological polar surface area (TPSA) is 0 Å². The van der Waals surface area contributed by atoms with Gasteiger partial charge in [0, 0.05) is 0 Å². The number of aryl methyl sites for hydroxylation is 16. The summed E-state index contributed by atoms with van der Waals surface area (Å²) in [7, 11) is 0. The van der Waals surface area contributed by atoms with Gasteiger partial charge < -0.3 is 0 Å². The van der Waals surface area contributed by atoms with Crippen molar-refractivity contribution in [2.45, 2.75) is 194 Å². The quantitative estimate of drug-likeness (QED) is 0.133. The van der Waals surface area contributed by atoms with E-state index in [0.29, 0.717) is 0 Å². The summed E-state index contributed by atoms with van der Waals surface area (Å²) < 4.78 is 0. The van der Waals surface area contributed by atoms with Crippen molar-refractivity contribution < 1.29 is 0 Å². The maximum Gasteiger partial charge on any atom is -0.00759 e. The van der Waals surface area contributed by atoms with Crippen LogP contribution in [0.25, 0.3) is 172 Å². The minimum absolute atomic E-state index is 1.32. The Bertz CT molecular complexity index is 7970. The minimum atomic E-state index is 1.32. The molecule has 0 saturated heterocycles. The minimum Gasteiger partial charge on any atom is -0.0683 e. The molecule has 24 aromatic carbocycles. The van der Waals surface area contributed by atoms with Gasteiger partial charge in [0.15, 0.2) is 0 Å². The first-order chi connectivity index (χ1) is 68.1. The fourth-order valence-electron chi connectivity index (χ4n) is 19.3. The predicted molar refractivity (Wildman–Crippen MR) is 636 cm³/mol. The third-order valence-electron chi connectivity index (χ3n) is 26.2. The van der Waals surface area contributed by atoms with Crippen LogP contribution in [-0.2, 0) is 0 Å². The molecule has 0 aromatic heterocycles. The molecule has 0 heteroatoms. The van der Waals surface area contributed by atoms with Crippen molar-refractivity contribution in [3.8, 4) is 0 Å². The van der Waals surface area contributed by atoms with Gasteiger partial charge in [0.05, 0.1) is 0 Å².